The topological polar surface area (TPSA) is 113 Å². The Morgan fingerprint density at radius 1 is 0.903 bits per heavy atom. The van der Waals surface area contributed by atoms with E-state index in [-0.39, 0.29) is 19.5 Å². The third kappa shape index (κ3) is 3.89. The number of nitrogens with one attached hydrogen (secondary N) is 2. The second kappa shape index (κ2) is 8.39. The molecule has 2 N–H and O–H groups in total. The Labute approximate surface area is 178 Å². The molecule has 31 heavy (non-hydrogen) atoms. The molecule has 2 heterocycles. The van der Waals surface area contributed by atoms with Crippen LogP contribution in [0.15, 0.2) is 48.5 Å². The minimum absolute atomic E-state index is 0.00235. The van der Waals surface area contributed by atoms with E-state index in [2.05, 4.69) is 15.8 Å². The highest BCUT2D eigenvalue weighted by molar-refractivity contribution is 6.21. The fourth-order valence-electron chi connectivity index (χ4n) is 3.61. The van der Waals surface area contributed by atoms with E-state index >= 15 is 0 Å². The Kier molecular flexibility index (Phi) is 5.48. The average Bonchev–Trinajstić information content (AvgIpc) is 3.26. The highest BCUT2D eigenvalue weighted by Gasteiger charge is 2.34. The molecule has 1 aromatic heterocycles. The SMILES string of the molecule is CCc1nc2ccccc2n1CC(=O)NNC(=O)CCN1C(=O)c2ccccc2C1=O. The van der Waals surface area contributed by atoms with Crippen molar-refractivity contribution >= 4 is 34.7 Å². The largest absolute Gasteiger partial charge is 0.318 e. The number of aryl methyl sites for hydroxylation is 1. The van der Waals surface area contributed by atoms with E-state index in [0.29, 0.717) is 17.5 Å². The van der Waals surface area contributed by atoms with Crippen LogP contribution in [0.1, 0.15) is 39.9 Å². The molecular weight excluding hydrogens is 398 g/mol. The van der Waals surface area contributed by atoms with Crippen molar-refractivity contribution in [2.75, 3.05) is 6.54 Å². The molecule has 4 amide bonds. The summed E-state index contributed by atoms with van der Waals surface area (Å²) in [7, 11) is 0. The van der Waals surface area contributed by atoms with E-state index < -0.39 is 23.6 Å². The summed E-state index contributed by atoms with van der Waals surface area (Å²) in [5, 5.41) is 0. The zero-order valence-corrected chi connectivity index (χ0v) is 16.9. The molecule has 0 unspecified atom stereocenters. The number of fused-ring (bicyclic) bond motifs is 2. The zero-order valence-electron chi connectivity index (χ0n) is 16.9. The second-order valence-electron chi connectivity index (χ2n) is 7.11. The molecular formula is C22H21N5O4. The number of hydrogen-bond acceptors (Lipinski definition) is 5. The Balaban J connectivity index is 1.30. The third-order valence-corrected chi connectivity index (χ3v) is 5.13. The molecule has 0 aliphatic carbocycles. The summed E-state index contributed by atoms with van der Waals surface area (Å²) in [6.07, 6.45) is 0.536. The van der Waals surface area contributed by atoms with Gasteiger partial charge in [0.05, 0.1) is 22.2 Å². The summed E-state index contributed by atoms with van der Waals surface area (Å²) < 4.78 is 1.80. The number of hydrogen-bond donors (Lipinski definition) is 2. The number of imide groups is 1. The lowest BCUT2D eigenvalue weighted by atomic mass is 10.1. The van der Waals surface area contributed by atoms with Crippen LogP contribution in [-0.4, -0.2) is 44.6 Å². The van der Waals surface area contributed by atoms with Gasteiger partial charge in [0.15, 0.2) is 0 Å². The second-order valence-corrected chi connectivity index (χ2v) is 7.11. The molecule has 0 radical (unpaired) electrons. The van der Waals surface area contributed by atoms with Crippen LogP contribution < -0.4 is 10.9 Å². The fraction of sp³-hybridized carbons (Fsp3) is 0.227. The Bertz CT molecular complexity index is 1160. The maximum Gasteiger partial charge on any atom is 0.261 e. The highest BCUT2D eigenvalue weighted by Crippen LogP contribution is 2.22. The molecule has 3 aromatic rings. The summed E-state index contributed by atoms with van der Waals surface area (Å²) >= 11 is 0. The smallest absolute Gasteiger partial charge is 0.261 e. The van der Waals surface area contributed by atoms with Crippen LogP contribution in [0, 0.1) is 0 Å². The van der Waals surface area contributed by atoms with Crippen molar-refractivity contribution in [2.45, 2.75) is 26.3 Å². The van der Waals surface area contributed by atoms with Crippen molar-refractivity contribution in [3.8, 4) is 0 Å². The van der Waals surface area contributed by atoms with Crippen molar-refractivity contribution in [3.05, 3.63) is 65.5 Å². The Hall–Kier alpha value is -4.01. The standard InChI is InChI=1S/C22H21N5O4/c1-2-18-23-16-9-5-6-10-17(16)27(18)13-20(29)25-24-19(28)11-12-26-21(30)14-7-3-4-8-15(14)22(26)31/h3-10H,2,11-13H2,1H3,(H,24,28)(H,25,29). The van der Waals surface area contributed by atoms with Crippen molar-refractivity contribution < 1.29 is 19.2 Å². The van der Waals surface area contributed by atoms with Gasteiger partial charge in [-0.3, -0.25) is 34.9 Å². The molecule has 9 nitrogen and oxygen atoms in total. The summed E-state index contributed by atoms with van der Waals surface area (Å²) in [6.45, 7) is 1.89. The lowest BCUT2D eigenvalue weighted by Gasteiger charge is -2.14. The third-order valence-electron chi connectivity index (χ3n) is 5.13. The maximum atomic E-state index is 12.3. The first kappa shape index (κ1) is 20.3. The first-order chi connectivity index (χ1) is 15.0. The van der Waals surface area contributed by atoms with Gasteiger partial charge in [0.2, 0.25) is 5.91 Å². The number of imidazole rings is 1. The number of carbonyl (C=O) groups is 4. The molecule has 0 saturated heterocycles. The molecule has 9 heteroatoms. The van der Waals surface area contributed by atoms with Crippen LogP contribution in [-0.2, 0) is 22.6 Å². The number of amides is 4. The molecule has 1 aliphatic heterocycles. The van der Waals surface area contributed by atoms with Crippen molar-refractivity contribution in [2.24, 2.45) is 0 Å². The van der Waals surface area contributed by atoms with E-state index in [1.165, 1.54) is 0 Å². The van der Waals surface area contributed by atoms with E-state index in [1.54, 1.807) is 28.8 Å². The monoisotopic (exact) mass is 419 g/mol. The number of carbonyl (C=O) groups excluding carboxylic acids is 4. The zero-order chi connectivity index (χ0) is 22.0. The predicted octanol–water partition coefficient (Wildman–Crippen LogP) is 1.43. The van der Waals surface area contributed by atoms with Crippen LogP contribution in [0.3, 0.4) is 0 Å². The highest BCUT2D eigenvalue weighted by atomic mass is 16.2. The predicted molar refractivity (Wildman–Crippen MR) is 112 cm³/mol. The lowest BCUT2D eigenvalue weighted by molar-refractivity contribution is -0.129. The average molecular weight is 419 g/mol. The van der Waals surface area contributed by atoms with E-state index in [1.807, 2.05) is 31.2 Å². The maximum absolute atomic E-state index is 12.3. The van der Waals surface area contributed by atoms with Crippen LogP contribution in [0.25, 0.3) is 11.0 Å². The number of aromatic nitrogens is 2. The summed E-state index contributed by atoms with van der Waals surface area (Å²) in [4.78, 5) is 54.7. The number of para-hydroxylation sites is 2. The lowest BCUT2D eigenvalue weighted by Crippen LogP contribution is -2.44. The number of rotatable bonds is 6. The molecule has 1 aliphatic rings. The summed E-state index contributed by atoms with van der Waals surface area (Å²) in [6, 6.07) is 14.1. The van der Waals surface area contributed by atoms with Crippen molar-refractivity contribution in [3.63, 3.8) is 0 Å². The van der Waals surface area contributed by atoms with Crippen LogP contribution in [0.2, 0.25) is 0 Å². The Morgan fingerprint density at radius 2 is 1.52 bits per heavy atom. The van der Waals surface area contributed by atoms with Crippen molar-refractivity contribution in [1.29, 1.82) is 0 Å². The summed E-state index contributed by atoms with van der Waals surface area (Å²) in [5.74, 6) is -0.982. The minimum atomic E-state index is -0.504. The normalized spacial score (nSPS) is 12.9. The number of benzene rings is 2. The molecule has 4 rings (SSSR count). The quantitative estimate of drug-likeness (QED) is 0.464. The van der Waals surface area contributed by atoms with E-state index in [4.69, 9.17) is 0 Å². The van der Waals surface area contributed by atoms with Crippen LogP contribution in [0.4, 0.5) is 0 Å². The molecule has 0 atom stereocenters. The molecule has 2 aromatic carbocycles. The van der Waals surface area contributed by atoms with E-state index in [0.717, 1.165) is 21.8 Å². The van der Waals surface area contributed by atoms with Crippen LogP contribution >= 0.6 is 0 Å². The minimum Gasteiger partial charge on any atom is -0.318 e. The van der Waals surface area contributed by atoms with Gasteiger partial charge in [-0.25, -0.2) is 4.98 Å². The summed E-state index contributed by atoms with van der Waals surface area (Å²) in [5.41, 5.74) is 7.02. The van der Waals surface area contributed by atoms with Gasteiger partial charge in [0.1, 0.15) is 12.4 Å². The fourth-order valence-corrected chi connectivity index (χ4v) is 3.61. The van der Waals surface area contributed by atoms with Gasteiger partial charge < -0.3 is 4.57 Å². The first-order valence-corrected chi connectivity index (χ1v) is 9.96. The Morgan fingerprint density at radius 3 is 2.19 bits per heavy atom. The van der Waals surface area contributed by atoms with Gasteiger partial charge in [0, 0.05) is 19.4 Å². The number of nitrogens with zero attached hydrogens (tertiary/aromatic N) is 3. The molecule has 0 fully saturated rings. The van der Waals surface area contributed by atoms with Gasteiger partial charge in [-0.1, -0.05) is 31.2 Å². The van der Waals surface area contributed by atoms with Crippen LogP contribution in [0.5, 0.6) is 0 Å². The van der Waals surface area contributed by atoms with Crippen molar-refractivity contribution in [1.82, 2.24) is 25.3 Å². The first-order valence-electron chi connectivity index (χ1n) is 9.96. The van der Waals surface area contributed by atoms with Gasteiger partial charge in [-0.15, -0.1) is 0 Å². The number of hydrazine groups is 1. The molecule has 158 valence electrons. The van der Waals surface area contributed by atoms with Gasteiger partial charge in [0.25, 0.3) is 17.7 Å². The van der Waals surface area contributed by atoms with Gasteiger partial charge in [-0.2, -0.15) is 0 Å². The molecule has 0 spiro atoms. The van der Waals surface area contributed by atoms with E-state index in [9.17, 15) is 19.2 Å². The molecule has 0 bridgehead atoms. The van der Waals surface area contributed by atoms with Gasteiger partial charge in [-0.05, 0) is 24.3 Å². The van der Waals surface area contributed by atoms with Gasteiger partial charge >= 0.3 is 0 Å². The molecule has 0 saturated carbocycles.